The fourth-order valence-electron chi connectivity index (χ4n) is 2.13. The Morgan fingerprint density at radius 3 is 2.67 bits per heavy atom. The van der Waals surface area contributed by atoms with Crippen molar-refractivity contribution in [2.75, 3.05) is 6.66 Å². The van der Waals surface area contributed by atoms with Crippen molar-refractivity contribution in [1.82, 2.24) is 4.98 Å². The first-order chi connectivity index (χ1) is 7.21. The van der Waals surface area contributed by atoms with Crippen LogP contribution in [-0.2, 0) is 4.57 Å². The van der Waals surface area contributed by atoms with Crippen LogP contribution in [0, 0.1) is 0 Å². The molecule has 0 amide bonds. The van der Waals surface area contributed by atoms with Gasteiger partial charge in [-0.25, -0.2) is 0 Å². The Morgan fingerprint density at radius 2 is 1.80 bits per heavy atom. The molecule has 15 heavy (non-hydrogen) atoms. The van der Waals surface area contributed by atoms with E-state index in [2.05, 4.69) is 4.98 Å². The average Bonchev–Trinajstić information content (AvgIpc) is 2.51. The lowest BCUT2D eigenvalue weighted by molar-refractivity contribution is 0.590. The number of benzene rings is 1. The standard InChI is InChI=1S/C12H10NOP/c1-15(14)11-7-3-2-5-9(11)10-6-4-8-13-12(10)15/h2-8H,1H3/t15-/m1/s1. The highest BCUT2D eigenvalue weighted by molar-refractivity contribution is 7.79. The number of hydrogen-bond acceptors (Lipinski definition) is 2. The molecular formula is C12H10NOP. The van der Waals surface area contributed by atoms with Gasteiger partial charge in [-0.1, -0.05) is 30.3 Å². The molecule has 0 saturated heterocycles. The minimum absolute atomic E-state index is 0.756. The molecule has 2 aromatic rings. The summed E-state index contributed by atoms with van der Waals surface area (Å²) in [6.07, 6.45) is 1.71. The van der Waals surface area contributed by atoms with Crippen molar-refractivity contribution in [2.45, 2.75) is 0 Å². The molecule has 0 radical (unpaired) electrons. The van der Waals surface area contributed by atoms with E-state index in [4.69, 9.17) is 0 Å². The van der Waals surface area contributed by atoms with E-state index in [1.807, 2.05) is 36.4 Å². The highest BCUT2D eigenvalue weighted by Crippen LogP contribution is 2.48. The zero-order valence-corrected chi connectivity index (χ0v) is 9.24. The van der Waals surface area contributed by atoms with Crippen LogP contribution in [0.1, 0.15) is 0 Å². The Labute approximate surface area is 88.4 Å². The maximum atomic E-state index is 12.6. The van der Waals surface area contributed by atoms with E-state index in [1.165, 1.54) is 0 Å². The SMILES string of the molecule is C[P@@]1(=O)c2ccccc2-c2cccnc21. The Kier molecular flexibility index (Phi) is 1.66. The summed E-state index contributed by atoms with van der Waals surface area (Å²) in [6.45, 7) is 1.80. The van der Waals surface area contributed by atoms with Crippen LogP contribution in [-0.4, -0.2) is 11.6 Å². The zero-order valence-electron chi connectivity index (χ0n) is 8.34. The van der Waals surface area contributed by atoms with Gasteiger partial charge in [-0.3, -0.25) is 4.98 Å². The number of fused-ring (bicyclic) bond motifs is 3. The molecule has 74 valence electrons. The van der Waals surface area contributed by atoms with E-state index < -0.39 is 7.14 Å². The molecule has 1 aromatic carbocycles. The fourth-order valence-corrected chi connectivity index (χ4v) is 4.33. The molecule has 1 aliphatic heterocycles. The van der Waals surface area contributed by atoms with Crippen molar-refractivity contribution in [3.8, 4) is 11.1 Å². The van der Waals surface area contributed by atoms with Crippen LogP contribution < -0.4 is 10.7 Å². The first-order valence-electron chi connectivity index (χ1n) is 4.84. The molecule has 1 aromatic heterocycles. The third-order valence-electron chi connectivity index (χ3n) is 2.84. The molecule has 0 spiro atoms. The summed E-state index contributed by atoms with van der Waals surface area (Å²) in [7, 11) is -2.43. The van der Waals surface area contributed by atoms with Crippen molar-refractivity contribution in [2.24, 2.45) is 0 Å². The molecule has 0 saturated carbocycles. The van der Waals surface area contributed by atoms with Gasteiger partial charge in [-0.05, 0) is 18.3 Å². The quantitative estimate of drug-likeness (QED) is 0.629. The Hall–Kier alpha value is -1.40. The van der Waals surface area contributed by atoms with E-state index in [9.17, 15) is 4.57 Å². The summed E-state index contributed by atoms with van der Waals surface area (Å²) in [5.74, 6) is 0. The molecule has 3 heteroatoms. The van der Waals surface area contributed by atoms with Crippen LogP contribution >= 0.6 is 7.14 Å². The molecule has 0 unspecified atom stereocenters. The summed E-state index contributed by atoms with van der Waals surface area (Å²) in [5.41, 5.74) is 2.86. The topological polar surface area (TPSA) is 30.0 Å². The van der Waals surface area contributed by atoms with Crippen molar-refractivity contribution in [3.05, 3.63) is 42.6 Å². The monoisotopic (exact) mass is 215 g/mol. The van der Waals surface area contributed by atoms with Crippen molar-refractivity contribution in [3.63, 3.8) is 0 Å². The van der Waals surface area contributed by atoms with Crippen LogP contribution in [0.3, 0.4) is 0 Å². The molecule has 0 N–H and O–H groups in total. The van der Waals surface area contributed by atoms with Crippen LogP contribution in [0.4, 0.5) is 0 Å². The minimum atomic E-state index is -2.43. The number of rotatable bonds is 0. The summed E-state index contributed by atoms with van der Waals surface area (Å²) >= 11 is 0. The molecule has 0 aliphatic carbocycles. The summed E-state index contributed by atoms with van der Waals surface area (Å²) < 4.78 is 12.6. The fraction of sp³-hybridized carbons (Fsp3) is 0.0833. The first-order valence-corrected chi connectivity index (χ1v) is 7.00. The van der Waals surface area contributed by atoms with Gasteiger partial charge in [0.1, 0.15) is 5.44 Å². The highest BCUT2D eigenvalue weighted by atomic mass is 31.2. The second-order valence-corrected chi connectivity index (χ2v) is 6.57. The lowest BCUT2D eigenvalue weighted by Gasteiger charge is -2.05. The van der Waals surface area contributed by atoms with Gasteiger partial charge in [0.25, 0.3) is 0 Å². The zero-order chi connectivity index (χ0) is 10.5. The summed E-state index contributed by atoms with van der Waals surface area (Å²) in [5, 5.41) is 0.943. The summed E-state index contributed by atoms with van der Waals surface area (Å²) in [4.78, 5) is 4.26. The van der Waals surface area contributed by atoms with E-state index >= 15 is 0 Å². The molecule has 3 rings (SSSR count). The van der Waals surface area contributed by atoms with E-state index in [-0.39, 0.29) is 0 Å². The number of pyridine rings is 1. The molecular weight excluding hydrogens is 205 g/mol. The maximum Gasteiger partial charge on any atom is 0.159 e. The predicted molar refractivity (Wildman–Crippen MR) is 62.5 cm³/mol. The van der Waals surface area contributed by atoms with Crippen molar-refractivity contribution in [1.29, 1.82) is 0 Å². The van der Waals surface area contributed by atoms with Gasteiger partial charge < -0.3 is 4.57 Å². The molecule has 2 nitrogen and oxygen atoms in total. The largest absolute Gasteiger partial charge is 0.312 e. The smallest absolute Gasteiger partial charge is 0.159 e. The van der Waals surface area contributed by atoms with E-state index in [1.54, 1.807) is 12.9 Å². The highest BCUT2D eigenvalue weighted by Gasteiger charge is 2.35. The molecule has 0 bridgehead atoms. The lowest BCUT2D eigenvalue weighted by atomic mass is 10.1. The van der Waals surface area contributed by atoms with E-state index in [0.29, 0.717) is 0 Å². The molecule has 1 atom stereocenters. The van der Waals surface area contributed by atoms with Gasteiger partial charge in [0.15, 0.2) is 7.14 Å². The average molecular weight is 215 g/mol. The Bertz CT molecular complexity index is 542. The Morgan fingerprint density at radius 1 is 1.07 bits per heavy atom. The van der Waals surface area contributed by atoms with Gasteiger partial charge in [0.05, 0.1) is 0 Å². The van der Waals surface area contributed by atoms with Crippen LogP contribution in [0.15, 0.2) is 42.6 Å². The number of aromatic nitrogens is 1. The van der Waals surface area contributed by atoms with Gasteiger partial charge in [-0.2, -0.15) is 0 Å². The number of hydrogen-bond donors (Lipinski definition) is 0. The van der Waals surface area contributed by atoms with Gasteiger partial charge in [-0.15, -0.1) is 0 Å². The van der Waals surface area contributed by atoms with Gasteiger partial charge >= 0.3 is 0 Å². The van der Waals surface area contributed by atoms with Crippen LogP contribution in [0.25, 0.3) is 11.1 Å². The summed E-state index contributed by atoms with van der Waals surface area (Å²) in [6, 6.07) is 11.7. The van der Waals surface area contributed by atoms with E-state index in [0.717, 1.165) is 21.9 Å². The van der Waals surface area contributed by atoms with Crippen LogP contribution in [0.2, 0.25) is 0 Å². The molecule has 1 aliphatic rings. The first kappa shape index (κ1) is 8.87. The maximum absolute atomic E-state index is 12.6. The third kappa shape index (κ3) is 1.06. The lowest BCUT2D eigenvalue weighted by Crippen LogP contribution is -2.10. The normalized spacial score (nSPS) is 22.2. The van der Waals surface area contributed by atoms with Crippen molar-refractivity contribution >= 4 is 17.9 Å². The Balaban J connectivity index is 2.47. The van der Waals surface area contributed by atoms with Gasteiger partial charge in [0.2, 0.25) is 0 Å². The van der Waals surface area contributed by atoms with Gasteiger partial charge in [0, 0.05) is 17.1 Å². The second-order valence-electron chi connectivity index (χ2n) is 3.82. The predicted octanol–water partition coefficient (Wildman–Crippen LogP) is 2.01. The number of nitrogens with zero attached hydrogens (tertiary/aromatic N) is 1. The third-order valence-corrected chi connectivity index (χ3v) is 5.32. The van der Waals surface area contributed by atoms with Crippen molar-refractivity contribution < 1.29 is 4.57 Å². The molecule has 2 heterocycles. The molecule has 0 fully saturated rings. The minimum Gasteiger partial charge on any atom is -0.312 e. The second kappa shape index (κ2) is 2.80. The van der Waals surface area contributed by atoms with Crippen LogP contribution in [0.5, 0.6) is 0 Å².